The molecule has 0 unspecified atom stereocenters. The molecule has 6 nitrogen and oxygen atoms in total. The van der Waals surface area contributed by atoms with Crippen molar-refractivity contribution < 1.29 is 9.90 Å². The molecule has 0 spiro atoms. The summed E-state index contributed by atoms with van der Waals surface area (Å²) in [5, 5.41) is 12.9. The summed E-state index contributed by atoms with van der Waals surface area (Å²) in [7, 11) is 0. The number of aromatic nitrogens is 4. The van der Waals surface area contributed by atoms with E-state index in [1.54, 1.807) is 23.0 Å². The molecule has 19 heavy (non-hydrogen) atoms. The lowest BCUT2D eigenvalue weighted by Crippen LogP contribution is -2.02. The molecule has 94 valence electrons. The quantitative estimate of drug-likeness (QED) is 0.764. The van der Waals surface area contributed by atoms with Gasteiger partial charge in [-0.3, -0.25) is 9.78 Å². The highest BCUT2D eigenvalue weighted by Gasteiger charge is 2.08. The van der Waals surface area contributed by atoms with E-state index in [4.69, 9.17) is 5.11 Å². The standard InChI is InChI=1S/C13H10N4O2/c18-13(19)6-10-5-9(1-3-15-10)11-2-4-17-12(11)7-14-8-16-17/h1-5,7-8H,6H2,(H,18,19). The van der Waals surface area contributed by atoms with E-state index in [2.05, 4.69) is 15.1 Å². The van der Waals surface area contributed by atoms with E-state index in [1.807, 2.05) is 18.3 Å². The van der Waals surface area contributed by atoms with Crippen molar-refractivity contribution in [3.8, 4) is 11.1 Å². The first-order valence-electron chi connectivity index (χ1n) is 5.68. The molecular weight excluding hydrogens is 244 g/mol. The molecule has 6 heteroatoms. The first kappa shape index (κ1) is 11.3. The van der Waals surface area contributed by atoms with E-state index in [0.29, 0.717) is 5.69 Å². The predicted octanol–water partition coefficient (Wildman–Crippen LogP) is 1.42. The predicted molar refractivity (Wildman–Crippen MR) is 67.6 cm³/mol. The second-order valence-corrected chi connectivity index (χ2v) is 4.07. The minimum atomic E-state index is -0.894. The summed E-state index contributed by atoms with van der Waals surface area (Å²) in [6, 6.07) is 5.54. The molecule has 0 aromatic carbocycles. The molecule has 0 saturated heterocycles. The molecule has 0 saturated carbocycles. The summed E-state index contributed by atoms with van der Waals surface area (Å²) in [4.78, 5) is 18.8. The molecule has 0 fully saturated rings. The van der Waals surface area contributed by atoms with Gasteiger partial charge in [-0.25, -0.2) is 9.50 Å². The Morgan fingerprint density at radius 1 is 1.37 bits per heavy atom. The van der Waals surface area contributed by atoms with Gasteiger partial charge in [0.05, 0.1) is 23.8 Å². The van der Waals surface area contributed by atoms with Gasteiger partial charge in [-0.05, 0) is 23.8 Å². The fourth-order valence-electron chi connectivity index (χ4n) is 1.99. The van der Waals surface area contributed by atoms with E-state index in [0.717, 1.165) is 16.6 Å². The number of carboxylic acid groups (broad SMARTS) is 1. The number of pyridine rings is 1. The van der Waals surface area contributed by atoms with Gasteiger partial charge in [0.25, 0.3) is 0 Å². The Kier molecular flexibility index (Phi) is 2.68. The van der Waals surface area contributed by atoms with Crippen LogP contribution in [-0.2, 0) is 11.2 Å². The van der Waals surface area contributed by atoms with Crippen LogP contribution in [0.2, 0.25) is 0 Å². The number of carbonyl (C=O) groups is 1. The highest BCUT2D eigenvalue weighted by Crippen LogP contribution is 2.24. The lowest BCUT2D eigenvalue weighted by molar-refractivity contribution is -0.136. The summed E-state index contributed by atoms with van der Waals surface area (Å²) >= 11 is 0. The van der Waals surface area contributed by atoms with Crippen molar-refractivity contribution in [1.29, 1.82) is 0 Å². The van der Waals surface area contributed by atoms with Gasteiger partial charge in [0.1, 0.15) is 6.33 Å². The molecule has 0 amide bonds. The van der Waals surface area contributed by atoms with Crippen molar-refractivity contribution >= 4 is 11.5 Å². The highest BCUT2D eigenvalue weighted by atomic mass is 16.4. The molecule has 0 bridgehead atoms. The van der Waals surface area contributed by atoms with Gasteiger partial charge in [0.2, 0.25) is 0 Å². The lowest BCUT2D eigenvalue weighted by Gasteiger charge is -2.02. The molecule has 0 aliphatic rings. The largest absolute Gasteiger partial charge is 0.481 e. The summed E-state index contributed by atoms with van der Waals surface area (Å²) in [5.41, 5.74) is 3.26. The normalized spacial score (nSPS) is 10.7. The Balaban J connectivity index is 2.09. The third-order valence-corrected chi connectivity index (χ3v) is 2.80. The van der Waals surface area contributed by atoms with Crippen LogP contribution < -0.4 is 0 Å². The van der Waals surface area contributed by atoms with Gasteiger partial charge in [0.15, 0.2) is 0 Å². The summed E-state index contributed by atoms with van der Waals surface area (Å²) in [6.07, 6.45) is 6.56. The van der Waals surface area contributed by atoms with Crippen LogP contribution in [0.5, 0.6) is 0 Å². The molecular formula is C13H10N4O2. The third kappa shape index (κ3) is 2.15. The van der Waals surface area contributed by atoms with Crippen molar-refractivity contribution in [2.45, 2.75) is 6.42 Å². The smallest absolute Gasteiger partial charge is 0.309 e. The minimum absolute atomic E-state index is 0.0872. The second-order valence-electron chi connectivity index (χ2n) is 4.07. The van der Waals surface area contributed by atoms with E-state index >= 15 is 0 Å². The van der Waals surface area contributed by atoms with Crippen LogP contribution in [0, 0.1) is 0 Å². The molecule has 3 rings (SSSR count). The molecule has 0 aliphatic heterocycles. The fraction of sp³-hybridized carbons (Fsp3) is 0.0769. The average Bonchev–Trinajstić information content (AvgIpc) is 2.82. The molecule has 0 atom stereocenters. The van der Waals surface area contributed by atoms with Gasteiger partial charge in [0, 0.05) is 18.0 Å². The molecule has 1 N–H and O–H groups in total. The zero-order valence-electron chi connectivity index (χ0n) is 9.89. The van der Waals surface area contributed by atoms with Gasteiger partial charge >= 0.3 is 5.97 Å². The number of hydrogen-bond acceptors (Lipinski definition) is 4. The molecule has 3 aromatic heterocycles. The molecule has 3 aromatic rings. The zero-order chi connectivity index (χ0) is 13.2. The Morgan fingerprint density at radius 3 is 3.11 bits per heavy atom. The Morgan fingerprint density at radius 2 is 2.26 bits per heavy atom. The van der Waals surface area contributed by atoms with E-state index in [-0.39, 0.29) is 6.42 Å². The van der Waals surface area contributed by atoms with Crippen molar-refractivity contribution in [1.82, 2.24) is 19.6 Å². The first-order valence-corrected chi connectivity index (χ1v) is 5.68. The molecule has 0 aliphatic carbocycles. The van der Waals surface area contributed by atoms with Crippen LogP contribution in [0.3, 0.4) is 0 Å². The van der Waals surface area contributed by atoms with Gasteiger partial charge in [-0.2, -0.15) is 5.10 Å². The second kappa shape index (κ2) is 4.49. The topological polar surface area (TPSA) is 80.4 Å². The SMILES string of the molecule is O=C(O)Cc1cc(-c2ccn3ncncc23)ccn1. The summed E-state index contributed by atoms with van der Waals surface area (Å²) in [5.74, 6) is -0.894. The van der Waals surface area contributed by atoms with Crippen LogP contribution in [0.25, 0.3) is 16.6 Å². The van der Waals surface area contributed by atoms with Crippen molar-refractivity contribution in [3.63, 3.8) is 0 Å². The van der Waals surface area contributed by atoms with Crippen molar-refractivity contribution in [2.24, 2.45) is 0 Å². The van der Waals surface area contributed by atoms with Gasteiger partial charge in [-0.15, -0.1) is 0 Å². The fourth-order valence-corrected chi connectivity index (χ4v) is 1.99. The summed E-state index contributed by atoms with van der Waals surface area (Å²) in [6.45, 7) is 0. The van der Waals surface area contributed by atoms with Crippen molar-refractivity contribution in [2.75, 3.05) is 0 Å². The number of aliphatic carboxylic acids is 1. The van der Waals surface area contributed by atoms with Crippen LogP contribution in [0.1, 0.15) is 5.69 Å². The Hall–Kier alpha value is -2.76. The molecule has 0 radical (unpaired) electrons. The maximum absolute atomic E-state index is 10.7. The first-order chi connectivity index (χ1) is 9.24. The van der Waals surface area contributed by atoms with Gasteiger partial charge in [-0.1, -0.05) is 0 Å². The highest BCUT2D eigenvalue weighted by molar-refractivity contribution is 5.80. The number of rotatable bonds is 3. The average molecular weight is 254 g/mol. The maximum atomic E-state index is 10.7. The minimum Gasteiger partial charge on any atom is -0.481 e. The number of carboxylic acids is 1. The monoisotopic (exact) mass is 254 g/mol. The van der Waals surface area contributed by atoms with Crippen LogP contribution >= 0.6 is 0 Å². The van der Waals surface area contributed by atoms with Crippen LogP contribution in [0.4, 0.5) is 0 Å². The lowest BCUT2D eigenvalue weighted by atomic mass is 10.1. The number of nitrogens with zero attached hydrogens (tertiary/aromatic N) is 4. The van der Waals surface area contributed by atoms with Gasteiger partial charge < -0.3 is 5.11 Å². The number of fused-ring (bicyclic) bond motifs is 1. The zero-order valence-corrected chi connectivity index (χ0v) is 9.89. The number of hydrogen-bond donors (Lipinski definition) is 1. The van der Waals surface area contributed by atoms with E-state index in [1.165, 1.54) is 6.33 Å². The third-order valence-electron chi connectivity index (χ3n) is 2.80. The van der Waals surface area contributed by atoms with Crippen molar-refractivity contribution in [3.05, 3.63) is 48.8 Å². The molecule has 3 heterocycles. The summed E-state index contributed by atoms with van der Waals surface area (Å²) < 4.78 is 1.72. The maximum Gasteiger partial charge on any atom is 0.309 e. The van der Waals surface area contributed by atoms with Crippen LogP contribution in [0.15, 0.2) is 43.1 Å². The van der Waals surface area contributed by atoms with E-state index in [9.17, 15) is 4.79 Å². The Bertz CT molecular complexity index is 751. The van der Waals surface area contributed by atoms with E-state index < -0.39 is 5.97 Å². The Labute approximate surface area is 108 Å². The van der Waals surface area contributed by atoms with Crippen LogP contribution in [-0.4, -0.2) is 30.7 Å².